The van der Waals surface area contributed by atoms with Crippen LogP contribution < -0.4 is 21.2 Å². The molecule has 4 rings (SSSR count). The molecule has 0 nitrogen and oxygen atoms in total. The highest BCUT2D eigenvalue weighted by Gasteiger charge is 2.53. The van der Waals surface area contributed by atoms with E-state index in [9.17, 15) is 0 Å². The molecule has 3 heteroatoms. The molecule has 132 valence electrons. The van der Waals surface area contributed by atoms with Gasteiger partial charge >= 0.3 is 0 Å². The number of hydrogen-bond donors (Lipinski definition) is 0. The highest BCUT2D eigenvalue weighted by atomic mass is 35.7. The van der Waals surface area contributed by atoms with Gasteiger partial charge in [0.25, 0.3) is 0 Å². The average molecular weight is 406 g/mol. The third kappa shape index (κ3) is 3.46. The second kappa shape index (κ2) is 8.37. The first-order valence-corrected chi connectivity index (χ1v) is 13.6. The molecule has 4 aromatic rings. The van der Waals surface area contributed by atoms with E-state index in [1.165, 1.54) is 21.2 Å². The van der Waals surface area contributed by atoms with Crippen LogP contribution in [0.15, 0.2) is 121 Å². The van der Waals surface area contributed by atoms with Crippen molar-refractivity contribution in [1.29, 1.82) is 0 Å². The van der Waals surface area contributed by atoms with Gasteiger partial charge in [0.2, 0.25) is 0 Å². The first kappa shape index (κ1) is 18.4. The molecule has 0 fully saturated rings. The zero-order valence-corrected chi connectivity index (χ0v) is 17.4. The van der Waals surface area contributed by atoms with Gasteiger partial charge in [-0.05, 0) is 59.8 Å². The monoisotopic (exact) mass is 405 g/mol. The van der Waals surface area contributed by atoms with Crippen molar-refractivity contribution in [1.82, 2.24) is 0 Å². The fraction of sp³-hybridized carbons (Fsp3) is 0. The van der Waals surface area contributed by atoms with Crippen molar-refractivity contribution < 1.29 is 0 Å². The quantitative estimate of drug-likeness (QED) is 0.365. The fourth-order valence-corrected chi connectivity index (χ4v) is 14.6. The zero-order valence-electron chi connectivity index (χ0n) is 14.8. The maximum Gasteiger partial charge on any atom is 0.198 e. The van der Waals surface area contributed by atoms with Crippen molar-refractivity contribution in [2.75, 3.05) is 0 Å². The summed E-state index contributed by atoms with van der Waals surface area (Å²) in [4.78, 5) is 0. The summed E-state index contributed by atoms with van der Waals surface area (Å²) >= 11 is 7.45. The standard InChI is InChI=1S/C24H20ClP2/c25-26(21-13-5-1-6-14-21)27(22-15-7-2-8-16-22,23-17-9-3-10-18-23)24-19-11-4-12-20-24/h1-20H/q+1/t26-/m1/s1. The molecule has 0 aliphatic carbocycles. The van der Waals surface area contributed by atoms with Crippen LogP contribution in [0.4, 0.5) is 0 Å². The Morgan fingerprint density at radius 3 is 1.07 bits per heavy atom. The van der Waals surface area contributed by atoms with Crippen molar-refractivity contribution in [2.24, 2.45) is 0 Å². The third-order valence-corrected chi connectivity index (χ3v) is 16.0. The van der Waals surface area contributed by atoms with E-state index in [-0.39, 0.29) is 0 Å². The van der Waals surface area contributed by atoms with Crippen molar-refractivity contribution in [2.45, 2.75) is 0 Å². The Balaban J connectivity index is 2.07. The lowest BCUT2D eigenvalue weighted by molar-refractivity contribution is 1.73. The molecule has 0 aliphatic heterocycles. The Bertz CT molecular complexity index is 877. The summed E-state index contributed by atoms with van der Waals surface area (Å²) in [5.41, 5.74) is 0. The number of hydrogen-bond acceptors (Lipinski definition) is 0. The van der Waals surface area contributed by atoms with E-state index in [0.717, 1.165) is 0 Å². The van der Waals surface area contributed by atoms with Gasteiger partial charge in [-0.2, -0.15) is 0 Å². The van der Waals surface area contributed by atoms with Crippen LogP contribution in [0.3, 0.4) is 0 Å². The highest BCUT2D eigenvalue weighted by molar-refractivity contribution is 8.58. The van der Waals surface area contributed by atoms with E-state index in [4.69, 9.17) is 11.2 Å². The first-order chi connectivity index (χ1) is 13.3. The molecule has 4 aromatic carbocycles. The van der Waals surface area contributed by atoms with Gasteiger partial charge in [-0.3, -0.25) is 0 Å². The van der Waals surface area contributed by atoms with Gasteiger partial charge < -0.3 is 0 Å². The minimum absolute atomic E-state index is 0.969. The topological polar surface area (TPSA) is 0 Å². The van der Waals surface area contributed by atoms with Crippen LogP contribution in [0, 0.1) is 0 Å². The van der Waals surface area contributed by atoms with Crippen LogP contribution in [-0.2, 0) is 0 Å². The van der Waals surface area contributed by atoms with E-state index < -0.39 is 13.9 Å². The van der Waals surface area contributed by atoms with Crippen LogP contribution >= 0.6 is 25.2 Å². The Labute approximate surface area is 167 Å². The van der Waals surface area contributed by atoms with E-state index in [1.54, 1.807) is 0 Å². The minimum atomic E-state index is -2.04. The van der Waals surface area contributed by atoms with Crippen LogP contribution in [0.1, 0.15) is 0 Å². The summed E-state index contributed by atoms with van der Waals surface area (Å²) in [7, 11) is 0. The maximum absolute atomic E-state index is 7.45. The molecule has 0 aromatic heterocycles. The van der Waals surface area contributed by atoms with E-state index in [1.807, 2.05) is 0 Å². The predicted octanol–water partition coefficient (Wildman–Crippen LogP) is 5.86. The van der Waals surface area contributed by atoms with Gasteiger partial charge in [0.1, 0.15) is 22.9 Å². The second-order valence-corrected chi connectivity index (χ2v) is 14.8. The fourth-order valence-electron chi connectivity index (χ4n) is 3.41. The van der Waals surface area contributed by atoms with E-state index in [2.05, 4.69) is 121 Å². The summed E-state index contributed by atoms with van der Waals surface area (Å²) in [5.74, 6) is 0. The van der Waals surface area contributed by atoms with Gasteiger partial charge in [0.05, 0.1) is 0 Å². The zero-order chi connectivity index (χ0) is 18.5. The molecule has 1 atom stereocenters. The molecule has 0 heterocycles. The molecule has 27 heavy (non-hydrogen) atoms. The number of rotatable bonds is 5. The lowest BCUT2D eigenvalue weighted by Crippen LogP contribution is -2.30. The average Bonchev–Trinajstić information content (AvgIpc) is 2.77. The molecule has 0 saturated heterocycles. The Kier molecular flexibility index (Phi) is 5.70. The van der Waals surface area contributed by atoms with Gasteiger partial charge in [0, 0.05) is 5.30 Å². The summed E-state index contributed by atoms with van der Waals surface area (Å²) in [6.07, 6.45) is 0. The van der Waals surface area contributed by atoms with Gasteiger partial charge in [-0.25, -0.2) is 0 Å². The Morgan fingerprint density at radius 1 is 0.444 bits per heavy atom. The van der Waals surface area contributed by atoms with E-state index in [0.29, 0.717) is 0 Å². The third-order valence-electron chi connectivity index (χ3n) is 4.62. The number of benzene rings is 4. The van der Waals surface area contributed by atoms with Gasteiger partial charge in [0.15, 0.2) is 6.96 Å². The molecule has 0 radical (unpaired) electrons. The second-order valence-electron chi connectivity index (χ2n) is 6.24. The molecule has 0 unspecified atom stereocenters. The molecule has 0 N–H and O–H groups in total. The van der Waals surface area contributed by atoms with Crippen LogP contribution in [0.25, 0.3) is 0 Å². The van der Waals surface area contributed by atoms with E-state index >= 15 is 0 Å². The van der Waals surface area contributed by atoms with Gasteiger partial charge in [-0.15, -0.1) is 0 Å². The smallest absolute Gasteiger partial charge is 0.0622 e. The number of halogens is 1. The van der Waals surface area contributed by atoms with Crippen LogP contribution in [-0.4, -0.2) is 0 Å². The Morgan fingerprint density at radius 2 is 0.741 bits per heavy atom. The summed E-state index contributed by atoms with van der Waals surface area (Å²) in [6, 6.07) is 43.0. The largest absolute Gasteiger partial charge is 0.198 e. The Hall–Kier alpha value is -1.97. The molecule has 0 bridgehead atoms. The van der Waals surface area contributed by atoms with Crippen molar-refractivity contribution in [3.63, 3.8) is 0 Å². The molecule has 0 saturated carbocycles. The molecular formula is C24H20ClP2+. The maximum atomic E-state index is 7.45. The lowest BCUT2D eigenvalue weighted by Gasteiger charge is -2.30. The predicted molar refractivity (Wildman–Crippen MR) is 124 cm³/mol. The van der Waals surface area contributed by atoms with Crippen LogP contribution in [0.2, 0.25) is 0 Å². The highest BCUT2D eigenvalue weighted by Crippen LogP contribution is 2.83. The molecular weight excluding hydrogens is 386 g/mol. The van der Waals surface area contributed by atoms with Crippen LogP contribution in [0.5, 0.6) is 0 Å². The summed E-state index contributed by atoms with van der Waals surface area (Å²) < 4.78 is 0. The van der Waals surface area contributed by atoms with Crippen molar-refractivity contribution >= 4 is 46.4 Å². The molecule has 0 amide bonds. The first-order valence-electron chi connectivity index (χ1n) is 8.91. The summed E-state index contributed by atoms with van der Waals surface area (Å²) in [6.45, 7) is -3.00. The van der Waals surface area contributed by atoms with Crippen molar-refractivity contribution in [3.05, 3.63) is 121 Å². The van der Waals surface area contributed by atoms with Crippen molar-refractivity contribution in [3.8, 4) is 0 Å². The van der Waals surface area contributed by atoms with Gasteiger partial charge in [-0.1, -0.05) is 72.8 Å². The lowest BCUT2D eigenvalue weighted by atomic mass is 10.4. The minimum Gasteiger partial charge on any atom is -0.0622 e. The summed E-state index contributed by atoms with van der Waals surface area (Å²) in [5, 5.41) is 5.20. The molecule has 0 aliphatic rings. The molecule has 0 spiro atoms. The SMILES string of the molecule is Cl[P@@](c1ccccc1)[P+](c1ccccc1)(c1ccccc1)c1ccccc1. The normalized spacial score (nSPS) is 12.5.